The lowest BCUT2D eigenvalue weighted by Gasteiger charge is -2.30. The van der Waals surface area contributed by atoms with Crippen molar-refractivity contribution in [2.75, 3.05) is 13.2 Å². The number of nitrogens with zero attached hydrogens (tertiary/aromatic N) is 1. The zero-order valence-electron chi connectivity index (χ0n) is 17.9. The smallest absolute Gasteiger partial charge is 0.261 e. The molecule has 2 rings (SSSR count). The van der Waals surface area contributed by atoms with Gasteiger partial charge in [0.2, 0.25) is 5.91 Å². The van der Waals surface area contributed by atoms with E-state index in [-0.39, 0.29) is 18.4 Å². The first-order chi connectivity index (χ1) is 13.9. The molecule has 2 aromatic rings. The topological polar surface area (TPSA) is 58.6 Å². The molecule has 5 heteroatoms. The Morgan fingerprint density at radius 3 is 2.34 bits per heavy atom. The van der Waals surface area contributed by atoms with Crippen molar-refractivity contribution in [3.8, 4) is 5.75 Å². The molecule has 0 spiro atoms. The molecule has 156 valence electrons. The minimum Gasteiger partial charge on any atom is -0.484 e. The lowest BCUT2D eigenvalue weighted by Crippen LogP contribution is -2.50. The van der Waals surface area contributed by atoms with E-state index < -0.39 is 6.04 Å². The third kappa shape index (κ3) is 6.93. The number of ether oxygens (including phenoxy) is 1. The molecule has 0 heterocycles. The van der Waals surface area contributed by atoms with Gasteiger partial charge in [-0.3, -0.25) is 9.59 Å². The van der Waals surface area contributed by atoms with Gasteiger partial charge in [0.05, 0.1) is 0 Å². The molecule has 0 radical (unpaired) electrons. The molecule has 0 bridgehead atoms. The van der Waals surface area contributed by atoms with Crippen molar-refractivity contribution in [2.24, 2.45) is 0 Å². The van der Waals surface area contributed by atoms with Crippen molar-refractivity contribution in [2.45, 2.75) is 53.1 Å². The van der Waals surface area contributed by atoms with Crippen LogP contribution in [0.25, 0.3) is 0 Å². The average Bonchev–Trinajstić information content (AvgIpc) is 2.70. The van der Waals surface area contributed by atoms with Gasteiger partial charge in [0, 0.05) is 13.1 Å². The summed E-state index contributed by atoms with van der Waals surface area (Å²) in [5, 5.41) is 2.92. The molecule has 0 saturated carbocycles. The second-order valence-corrected chi connectivity index (χ2v) is 7.33. The second kappa shape index (κ2) is 11.2. The van der Waals surface area contributed by atoms with Crippen molar-refractivity contribution in [1.29, 1.82) is 0 Å². The van der Waals surface area contributed by atoms with Gasteiger partial charge < -0.3 is 15.0 Å². The lowest BCUT2D eigenvalue weighted by atomic mass is 10.1. The van der Waals surface area contributed by atoms with Crippen molar-refractivity contribution in [1.82, 2.24) is 10.2 Å². The molecule has 0 aliphatic heterocycles. The van der Waals surface area contributed by atoms with E-state index in [1.54, 1.807) is 4.90 Å². The third-order valence-electron chi connectivity index (χ3n) is 4.72. The average molecular weight is 397 g/mol. The van der Waals surface area contributed by atoms with Gasteiger partial charge in [-0.2, -0.15) is 0 Å². The van der Waals surface area contributed by atoms with Crippen LogP contribution >= 0.6 is 0 Å². The molecule has 1 atom stereocenters. The highest BCUT2D eigenvalue weighted by Crippen LogP contribution is 2.16. The summed E-state index contributed by atoms with van der Waals surface area (Å²) in [7, 11) is 0. The summed E-state index contributed by atoms with van der Waals surface area (Å²) in [6.45, 7) is 8.79. The number of hydrogen-bond donors (Lipinski definition) is 1. The molecule has 0 saturated heterocycles. The number of nitrogens with one attached hydrogen (secondary N) is 1. The maximum Gasteiger partial charge on any atom is 0.261 e. The first-order valence-corrected chi connectivity index (χ1v) is 10.3. The fraction of sp³-hybridized carbons (Fsp3) is 0.417. The Labute approximate surface area is 174 Å². The molecule has 0 aromatic heterocycles. The van der Waals surface area contributed by atoms with Crippen LogP contribution in [-0.4, -0.2) is 35.9 Å². The number of aryl methyl sites for hydroxylation is 2. The van der Waals surface area contributed by atoms with Gasteiger partial charge in [-0.25, -0.2) is 0 Å². The van der Waals surface area contributed by atoms with Gasteiger partial charge in [0.1, 0.15) is 11.8 Å². The zero-order chi connectivity index (χ0) is 21.2. The van der Waals surface area contributed by atoms with Gasteiger partial charge in [0.15, 0.2) is 6.61 Å². The van der Waals surface area contributed by atoms with Crippen molar-refractivity contribution in [3.05, 3.63) is 65.2 Å². The van der Waals surface area contributed by atoms with Gasteiger partial charge in [-0.15, -0.1) is 0 Å². The summed E-state index contributed by atoms with van der Waals surface area (Å²) in [6, 6.07) is 15.1. The van der Waals surface area contributed by atoms with E-state index in [1.165, 1.54) is 0 Å². The minimum absolute atomic E-state index is 0.104. The number of carbonyl (C=O) groups is 2. The largest absolute Gasteiger partial charge is 0.484 e. The molecular weight excluding hydrogens is 364 g/mol. The molecule has 0 unspecified atom stereocenters. The van der Waals surface area contributed by atoms with Crippen LogP contribution in [0.1, 0.15) is 43.4 Å². The maximum absolute atomic E-state index is 13.1. The monoisotopic (exact) mass is 396 g/mol. The molecule has 0 fully saturated rings. The van der Waals surface area contributed by atoms with Crippen LogP contribution < -0.4 is 10.1 Å². The summed E-state index contributed by atoms with van der Waals surface area (Å²) in [5.41, 5.74) is 3.18. The van der Waals surface area contributed by atoms with E-state index in [1.807, 2.05) is 76.2 Å². The lowest BCUT2D eigenvalue weighted by molar-refractivity contribution is -0.143. The van der Waals surface area contributed by atoms with Crippen LogP contribution in [0.2, 0.25) is 0 Å². The summed E-state index contributed by atoms with van der Waals surface area (Å²) in [6.07, 6.45) is 1.39. The molecule has 0 aliphatic carbocycles. The SMILES string of the molecule is CCCNC(=O)[C@H](CC)N(Cc1cccc(C)c1)C(=O)COc1cccc(C)c1. The summed E-state index contributed by atoms with van der Waals surface area (Å²) < 4.78 is 5.72. The van der Waals surface area contributed by atoms with E-state index >= 15 is 0 Å². The molecule has 2 amide bonds. The zero-order valence-corrected chi connectivity index (χ0v) is 17.9. The third-order valence-corrected chi connectivity index (χ3v) is 4.72. The first kappa shape index (κ1) is 22.5. The molecule has 1 N–H and O–H groups in total. The van der Waals surface area contributed by atoms with Crippen LogP contribution in [0.4, 0.5) is 0 Å². The standard InChI is InChI=1S/C24H32N2O3/c1-5-13-25-24(28)22(6-2)26(16-20-11-7-9-18(3)14-20)23(27)17-29-21-12-8-10-19(4)15-21/h7-12,14-15,22H,5-6,13,16-17H2,1-4H3,(H,25,28)/t22-/m0/s1. The fourth-order valence-electron chi connectivity index (χ4n) is 3.23. The van der Waals surface area contributed by atoms with Gasteiger partial charge in [0.25, 0.3) is 5.91 Å². The highest BCUT2D eigenvalue weighted by atomic mass is 16.5. The normalized spacial score (nSPS) is 11.6. The van der Waals surface area contributed by atoms with E-state index in [0.717, 1.165) is 23.1 Å². The van der Waals surface area contributed by atoms with Crippen molar-refractivity contribution in [3.63, 3.8) is 0 Å². The highest BCUT2D eigenvalue weighted by molar-refractivity contribution is 5.88. The summed E-state index contributed by atoms with van der Waals surface area (Å²) in [5.74, 6) is 0.328. The molecular formula is C24H32N2O3. The Bertz CT molecular complexity index is 819. The van der Waals surface area contributed by atoms with Gasteiger partial charge in [-0.05, 0) is 49.9 Å². The number of rotatable bonds is 10. The van der Waals surface area contributed by atoms with E-state index in [2.05, 4.69) is 5.32 Å². The number of benzene rings is 2. The molecule has 2 aromatic carbocycles. The number of amides is 2. The van der Waals surface area contributed by atoms with Crippen molar-refractivity contribution < 1.29 is 14.3 Å². The molecule has 0 aliphatic rings. The van der Waals surface area contributed by atoms with Gasteiger partial charge >= 0.3 is 0 Å². The van der Waals surface area contributed by atoms with Crippen LogP contribution in [0.3, 0.4) is 0 Å². The summed E-state index contributed by atoms with van der Waals surface area (Å²) in [4.78, 5) is 27.4. The van der Waals surface area contributed by atoms with Crippen LogP contribution in [0.15, 0.2) is 48.5 Å². The Morgan fingerprint density at radius 2 is 1.72 bits per heavy atom. The van der Waals surface area contributed by atoms with E-state index in [0.29, 0.717) is 25.3 Å². The van der Waals surface area contributed by atoms with Crippen LogP contribution in [-0.2, 0) is 16.1 Å². The summed E-state index contributed by atoms with van der Waals surface area (Å²) >= 11 is 0. The fourth-order valence-corrected chi connectivity index (χ4v) is 3.23. The quantitative estimate of drug-likeness (QED) is 0.660. The predicted molar refractivity (Wildman–Crippen MR) is 116 cm³/mol. The Kier molecular flexibility index (Phi) is 8.71. The molecule has 5 nitrogen and oxygen atoms in total. The van der Waals surface area contributed by atoms with E-state index in [4.69, 9.17) is 4.74 Å². The Hall–Kier alpha value is -2.82. The maximum atomic E-state index is 13.1. The Morgan fingerprint density at radius 1 is 1.03 bits per heavy atom. The molecule has 29 heavy (non-hydrogen) atoms. The van der Waals surface area contributed by atoms with Crippen LogP contribution in [0, 0.1) is 13.8 Å². The Balaban J connectivity index is 2.19. The van der Waals surface area contributed by atoms with E-state index in [9.17, 15) is 9.59 Å². The van der Waals surface area contributed by atoms with Gasteiger partial charge in [-0.1, -0.05) is 55.8 Å². The minimum atomic E-state index is -0.532. The first-order valence-electron chi connectivity index (χ1n) is 10.3. The van der Waals surface area contributed by atoms with Crippen molar-refractivity contribution >= 4 is 11.8 Å². The van der Waals surface area contributed by atoms with Crippen LogP contribution in [0.5, 0.6) is 5.75 Å². The predicted octanol–water partition coefficient (Wildman–Crippen LogP) is 4.02. The number of hydrogen-bond acceptors (Lipinski definition) is 3. The highest BCUT2D eigenvalue weighted by Gasteiger charge is 2.28. The number of carbonyl (C=O) groups excluding carboxylic acids is 2. The second-order valence-electron chi connectivity index (χ2n) is 7.33.